The van der Waals surface area contributed by atoms with E-state index in [2.05, 4.69) is 5.10 Å². The lowest BCUT2D eigenvalue weighted by Crippen LogP contribution is -2.31. The van der Waals surface area contributed by atoms with Crippen LogP contribution in [0.5, 0.6) is 0 Å². The second-order valence-electron chi connectivity index (χ2n) is 6.39. The lowest BCUT2D eigenvalue weighted by molar-refractivity contribution is -0.136. The predicted molar refractivity (Wildman–Crippen MR) is 105 cm³/mol. The number of esters is 1. The van der Waals surface area contributed by atoms with Gasteiger partial charge in [-0.05, 0) is 42.1 Å². The number of nitrogens with zero attached hydrogens (tertiary/aromatic N) is 2. The van der Waals surface area contributed by atoms with Crippen LogP contribution in [0.15, 0.2) is 69.7 Å². The van der Waals surface area contributed by atoms with Crippen LogP contribution in [0.25, 0.3) is 0 Å². The zero-order valence-corrected chi connectivity index (χ0v) is 16.0. The average molecular weight is 394 g/mol. The van der Waals surface area contributed by atoms with Crippen LogP contribution in [0.2, 0.25) is 0 Å². The standard InChI is InChI=1S/C21H18N2O4S/c1-14-6-2-3-7-15(14)21(25)27-13-20(24)23-17(18-8-4-10-26-18)12-16(22-23)19-9-5-11-28-19/h2-11,17H,12-13H2,1H3. The van der Waals surface area contributed by atoms with Gasteiger partial charge >= 0.3 is 5.97 Å². The molecule has 0 saturated carbocycles. The number of aryl methyl sites for hydroxylation is 1. The Kier molecular flexibility index (Phi) is 5.08. The summed E-state index contributed by atoms with van der Waals surface area (Å²) in [5.41, 5.74) is 2.06. The summed E-state index contributed by atoms with van der Waals surface area (Å²) in [5.74, 6) is -0.272. The number of ether oxygens (including phenoxy) is 1. The third-order valence-electron chi connectivity index (χ3n) is 4.53. The number of rotatable bonds is 5. The van der Waals surface area contributed by atoms with Crippen molar-refractivity contribution in [2.75, 3.05) is 6.61 Å². The van der Waals surface area contributed by atoms with Crippen molar-refractivity contribution in [2.45, 2.75) is 19.4 Å². The normalized spacial score (nSPS) is 16.1. The lowest BCUT2D eigenvalue weighted by Gasteiger charge is -2.19. The van der Waals surface area contributed by atoms with Crippen molar-refractivity contribution in [1.29, 1.82) is 0 Å². The van der Waals surface area contributed by atoms with Crippen LogP contribution in [0.4, 0.5) is 0 Å². The molecule has 0 saturated heterocycles. The summed E-state index contributed by atoms with van der Waals surface area (Å²) in [5, 5.41) is 7.82. The largest absolute Gasteiger partial charge is 0.467 e. The summed E-state index contributed by atoms with van der Waals surface area (Å²) < 4.78 is 10.7. The van der Waals surface area contributed by atoms with Crippen molar-refractivity contribution >= 4 is 28.9 Å². The van der Waals surface area contributed by atoms with E-state index < -0.39 is 11.9 Å². The van der Waals surface area contributed by atoms with Gasteiger partial charge in [-0.1, -0.05) is 24.3 Å². The molecular formula is C21H18N2O4S. The van der Waals surface area contributed by atoms with Crippen LogP contribution in [0.1, 0.15) is 39.0 Å². The average Bonchev–Trinajstić information content (AvgIpc) is 3.46. The first-order valence-electron chi connectivity index (χ1n) is 8.83. The molecule has 2 aromatic heterocycles. The van der Waals surface area contributed by atoms with E-state index in [1.54, 1.807) is 35.8 Å². The zero-order valence-electron chi connectivity index (χ0n) is 15.2. The van der Waals surface area contributed by atoms with Gasteiger partial charge < -0.3 is 9.15 Å². The fourth-order valence-corrected chi connectivity index (χ4v) is 3.83. The fraction of sp³-hybridized carbons (Fsp3) is 0.190. The first-order chi connectivity index (χ1) is 13.6. The van der Waals surface area contributed by atoms with E-state index >= 15 is 0 Å². The minimum absolute atomic E-state index is 0.350. The summed E-state index contributed by atoms with van der Waals surface area (Å²) >= 11 is 1.57. The maximum Gasteiger partial charge on any atom is 0.338 e. The summed E-state index contributed by atoms with van der Waals surface area (Å²) in [4.78, 5) is 26.1. The van der Waals surface area contributed by atoms with E-state index in [0.29, 0.717) is 17.7 Å². The maximum atomic E-state index is 12.8. The molecule has 1 amide bonds. The number of benzene rings is 1. The smallest absolute Gasteiger partial charge is 0.338 e. The summed E-state index contributed by atoms with van der Waals surface area (Å²) in [7, 11) is 0. The molecule has 3 heterocycles. The van der Waals surface area contributed by atoms with Gasteiger partial charge in [0, 0.05) is 6.42 Å². The number of hydrazone groups is 1. The van der Waals surface area contributed by atoms with E-state index in [1.807, 2.05) is 42.6 Å². The van der Waals surface area contributed by atoms with Gasteiger partial charge in [-0.15, -0.1) is 11.3 Å². The topological polar surface area (TPSA) is 72.1 Å². The van der Waals surface area contributed by atoms with Crippen molar-refractivity contribution in [1.82, 2.24) is 5.01 Å². The van der Waals surface area contributed by atoms with Crippen molar-refractivity contribution < 1.29 is 18.7 Å². The Morgan fingerprint density at radius 2 is 2.07 bits per heavy atom. The molecule has 4 rings (SSSR count). The molecule has 0 N–H and O–H groups in total. The number of thiophene rings is 1. The van der Waals surface area contributed by atoms with Crippen LogP contribution in [-0.2, 0) is 9.53 Å². The van der Waals surface area contributed by atoms with Gasteiger partial charge in [0.05, 0.1) is 22.4 Å². The number of furan rings is 1. The van der Waals surface area contributed by atoms with Crippen molar-refractivity contribution in [3.8, 4) is 0 Å². The predicted octanol–water partition coefficient (Wildman–Crippen LogP) is 4.18. The first-order valence-corrected chi connectivity index (χ1v) is 9.71. The molecule has 7 heteroatoms. The lowest BCUT2D eigenvalue weighted by atomic mass is 10.1. The monoisotopic (exact) mass is 394 g/mol. The second-order valence-corrected chi connectivity index (χ2v) is 7.34. The Morgan fingerprint density at radius 1 is 1.21 bits per heavy atom. The van der Waals surface area contributed by atoms with Gasteiger partial charge in [-0.3, -0.25) is 4.79 Å². The molecule has 0 fully saturated rings. The molecule has 3 aromatic rings. The Labute approximate surface area is 166 Å². The minimum Gasteiger partial charge on any atom is -0.467 e. The van der Waals surface area contributed by atoms with E-state index in [1.165, 1.54) is 5.01 Å². The first kappa shape index (κ1) is 18.2. The summed E-state index contributed by atoms with van der Waals surface area (Å²) in [6.45, 7) is 1.44. The summed E-state index contributed by atoms with van der Waals surface area (Å²) in [6.07, 6.45) is 2.12. The van der Waals surface area contributed by atoms with E-state index in [4.69, 9.17) is 9.15 Å². The zero-order chi connectivity index (χ0) is 19.5. The molecule has 0 aliphatic carbocycles. The molecule has 1 atom stereocenters. The molecule has 1 unspecified atom stereocenters. The molecule has 0 bridgehead atoms. The molecule has 1 aliphatic rings. The van der Waals surface area contributed by atoms with Crippen molar-refractivity contribution in [2.24, 2.45) is 5.10 Å². The Hall–Kier alpha value is -3.19. The molecule has 6 nitrogen and oxygen atoms in total. The Bertz CT molecular complexity index is 1010. The Balaban J connectivity index is 1.50. The molecule has 28 heavy (non-hydrogen) atoms. The van der Waals surface area contributed by atoms with Crippen LogP contribution in [0, 0.1) is 6.92 Å². The molecule has 1 aromatic carbocycles. The number of hydrogen-bond donors (Lipinski definition) is 0. The minimum atomic E-state index is -0.525. The van der Waals surface area contributed by atoms with Crippen molar-refractivity contribution in [3.63, 3.8) is 0 Å². The van der Waals surface area contributed by atoms with Crippen molar-refractivity contribution in [3.05, 3.63) is 81.9 Å². The quantitative estimate of drug-likeness (QED) is 0.609. The second kappa shape index (κ2) is 7.82. The highest BCUT2D eigenvalue weighted by molar-refractivity contribution is 7.12. The third-order valence-corrected chi connectivity index (χ3v) is 5.45. The Morgan fingerprint density at radius 3 is 2.79 bits per heavy atom. The highest BCUT2D eigenvalue weighted by Gasteiger charge is 2.35. The van der Waals surface area contributed by atoms with E-state index in [-0.39, 0.29) is 12.6 Å². The third kappa shape index (κ3) is 3.61. The highest BCUT2D eigenvalue weighted by atomic mass is 32.1. The molecule has 142 valence electrons. The fourth-order valence-electron chi connectivity index (χ4n) is 3.11. The number of carbonyl (C=O) groups is 2. The van der Waals surface area contributed by atoms with Gasteiger partial charge in [-0.25, -0.2) is 9.80 Å². The number of hydrogen-bond acceptors (Lipinski definition) is 6. The van der Waals surface area contributed by atoms with Gasteiger partial charge in [0.2, 0.25) is 0 Å². The molecular weight excluding hydrogens is 376 g/mol. The van der Waals surface area contributed by atoms with Gasteiger partial charge in [0.1, 0.15) is 11.8 Å². The van der Waals surface area contributed by atoms with Gasteiger partial charge in [0.25, 0.3) is 5.91 Å². The van der Waals surface area contributed by atoms with Crippen LogP contribution in [0.3, 0.4) is 0 Å². The van der Waals surface area contributed by atoms with Crippen LogP contribution >= 0.6 is 11.3 Å². The van der Waals surface area contributed by atoms with Crippen LogP contribution in [-0.4, -0.2) is 29.2 Å². The van der Waals surface area contributed by atoms with E-state index in [9.17, 15) is 9.59 Å². The van der Waals surface area contributed by atoms with E-state index in [0.717, 1.165) is 16.2 Å². The SMILES string of the molecule is Cc1ccccc1C(=O)OCC(=O)N1N=C(c2cccs2)CC1c1ccco1. The molecule has 0 spiro atoms. The van der Waals surface area contributed by atoms with Crippen LogP contribution < -0.4 is 0 Å². The highest BCUT2D eigenvalue weighted by Crippen LogP contribution is 2.34. The van der Waals surface area contributed by atoms with Gasteiger partial charge in [0.15, 0.2) is 6.61 Å². The number of amides is 1. The summed E-state index contributed by atoms with van der Waals surface area (Å²) in [6, 6.07) is 14.3. The molecule has 1 aliphatic heterocycles. The van der Waals surface area contributed by atoms with Gasteiger partial charge in [-0.2, -0.15) is 5.10 Å². The molecule has 0 radical (unpaired) electrons. The number of carbonyl (C=O) groups excluding carboxylic acids is 2. The maximum absolute atomic E-state index is 12.8.